The molecule has 1 amide bonds. The summed E-state index contributed by atoms with van der Waals surface area (Å²) >= 11 is 0. The Morgan fingerprint density at radius 2 is 2.18 bits per heavy atom. The van der Waals surface area contributed by atoms with Gasteiger partial charge in [-0.1, -0.05) is 18.2 Å². The molecule has 5 heteroatoms. The van der Waals surface area contributed by atoms with Crippen molar-refractivity contribution in [3.05, 3.63) is 47.8 Å². The fourth-order valence-electron chi connectivity index (χ4n) is 2.01. The second-order valence-corrected chi connectivity index (χ2v) is 3.97. The average molecular weight is 228 g/mol. The molecule has 86 valence electrons. The fourth-order valence-corrected chi connectivity index (χ4v) is 2.01. The van der Waals surface area contributed by atoms with E-state index in [9.17, 15) is 4.79 Å². The van der Waals surface area contributed by atoms with Gasteiger partial charge in [0.15, 0.2) is 0 Å². The van der Waals surface area contributed by atoms with Crippen LogP contribution in [-0.4, -0.2) is 16.1 Å². The standard InChI is InChI=1S/C12H12N4O/c17-12-11(13-7-8-5-6-14-16-8)9-3-1-2-4-10(9)15-12/h1-6,11,13H,7H2,(H,14,16)(H,15,17). The first kappa shape index (κ1) is 10.0. The van der Waals surface area contributed by atoms with Crippen LogP contribution in [-0.2, 0) is 11.3 Å². The molecule has 3 N–H and O–H groups in total. The lowest BCUT2D eigenvalue weighted by atomic mass is 10.1. The van der Waals surface area contributed by atoms with Gasteiger partial charge in [0.05, 0.1) is 0 Å². The number of anilines is 1. The van der Waals surface area contributed by atoms with Crippen molar-refractivity contribution in [1.82, 2.24) is 15.5 Å². The Kier molecular flexibility index (Phi) is 2.38. The van der Waals surface area contributed by atoms with E-state index in [1.807, 2.05) is 30.3 Å². The minimum Gasteiger partial charge on any atom is -0.324 e. The largest absolute Gasteiger partial charge is 0.324 e. The lowest BCUT2D eigenvalue weighted by Crippen LogP contribution is -2.27. The van der Waals surface area contributed by atoms with E-state index in [1.54, 1.807) is 6.20 Å². The maximum atomic E-state index is 11.8. The van der Waals surface area contributed by atoms with Crippen LogP contribution in [0.1, 0.15) is 17.3 Å². The molecule has 0 spiro atoms. The summed E-state index contributed by atoms with van der Waals surface area (Å²) < 4.78 is 0. The number of amides is 1. The van der Waals surface area contributed by atoms with Crippen LogP contribution in [0.3, 0.4) is 0 Å². The molecule has 0 saturated heterocycles. The van der Waals surface area contributed by atoms with Crippen LogP contribution in [0.25, 0.3) is 0 Å². The monoisotopic (exact) mass is 228 g/mol. The van der Waals surface area contributed by atoms with Crippen molar-refractivity contribution in [2.75, 3.05) is 5.32 Å². The molecular weight excluding hydrogens is 216 g/mol. The summed E-state index contributed by atoms with van der Waals surface area (Å²) in [5.74, 6) is -0.00860. The topological polar surface area (TPSA) is 69.8 Å². The number of hydrogen-bond acceptors (Lipinski definition) is 3. The van der Waals surface area contributed by atoms with Gasteiger partial charge in [0.25, 0.3) is 0 Å². The molecule has 0 aliphatic carbocycles. The summed E-state index contributed by atoms with van der Waals surface area (Å²) in [6.45, 7) is 0.590. The molecule has 2 heterocycles. The van der Waals surface area contributed by atoms with E-state index in [-0.39, 0.29) is 11.9 Å². The second kappa shape index (κ2) is 4.03. The zero-order valence-electron chi connectivity index (χ0n) is 9.10. The number of nitrogens with zero attached hydrogens (tertiary/aromatic N) is 1. The van der Waals surface area contributed by atoms with Gasteiger partial charge in [-0.25, -0.2) is 0 Å². The zero-order chi connectivity index (χ0) is 11.7. The van der Waals surface area contributed by atoms with E-state index in [2.05, 4.69) is 20.8 Å². The summed E-state index contributed by atoms with van der Waals surface area (Å²) in [5.41, 5.74) is 2.85. The molecule has 1 unspecified atom stereocenters. The van der Waals surface area contributed by atoms with E-state index >= 15 is 0 Å². The van der Waals surface area contributed by atoms with Crippen molar-refractivity contribution >= 4 is 11.6 Å². The molecule has 1 aliphatic rings. The third-order valence-electron chi connectivity index (χ3n) is 2.85. The number of fused-ring (bicyclic) bond motifs is 1. The number of benzene rings is 1. The van der Waals surface area contributed by atoms with E-state index < -0.39 is 0 Å². The number of carbonyl (C=O) groups is 1. The first-order valence-electron chi connectivity index (χ1n) is 5.46. The molecule has 0 saturated carbocycles. The van der Waals surface area contributed by atoms with Crippen LogP contribution in [0.15, 0.2) is 36.5 Å². The van der Waals surface area contributed by atoms with Crippen molar-refractivity contribution in [3.8, 4) is 0 Å². The van der Waals surface area contributed by atoms with Crippen LogP contribution < -0.4 is 10.6 Å². The van der Waals surface area contributed by atoms with Crippen molar-refractivity contribution in [3.63, 3.8) is 0 Å². The highest BCUT2D eigenvalue weighted by atomic mass is 16.2. The molecule has 5 nitrogen and oxygen atoms in total. The maximum absolute atomic E-state index is 11.8. The molecule has 0 bridgehead atoms. The van der Waals surface area contributed by atoms with Gasteiger partial charge in [0.1, 0.15) is 6.04 Å². The van der Waals surface area contributed by atoms with Gasteiger partial charge in [0.2, 0.25) is 5.91 Å². The predicted octanol–water partition coefficient (Wildman–Crippen LogP) is 1.19. The van der Waals surface area contributed by atoms with Crippen molar-refractivity contribution in [2.24, 2.45) is 0 Å². The fraction of sp³-hybridized carbons (Fsp3) is 0.167. The van der Waals surface area contributed by atoms with E-state index in [0.29, 0.717) is 6.54 Å². The number of para-hydroxylation sites is 1. The molecule has 17 heavy (non-hydrogen) atoms. The minimum atomic E-state index is -0.283. The Labute approximate surface area is 98.2 Å². The number of H-pyrrole nitrogens is 1. The Balaban J connectivity index is 1.77. The smallest absolute Gasteiger partial charge is 0.246 e. The molecule has 0 fully saturated rings. The predicted molar refractivity (Wildman–Crippen MR) is 63.2 cm³/mol. The third kappa shape index (κ3) is 1.81. The number of nitrogens with one attached hydrogen (secondary N) is 3. The Hall–Kier alpha value is -2.14. The molecule has 3 rings (SSSR count). The van der Waals surface area contributed by atoms with E-state index in [4.69, 9.17) is 0 Å². The summed E-state index contributed by atoms with van der Waals surface area (Å²) in [6.07, 6.45) is 1.69. The van der Waals surface area contributed by atoms with Crippen LogP contribution >= 0.6 is 0 Å². The Morgan fingerprint density at radius 3 is 3.00 bits per heavy atom. The second-order valence-electron chi connectivity index (χ2n) is 3.97. The van der Waals surface area contributed by atoms with Crippen LogP contribution in [0.2, 0.25) is 0 Å². The van der Waals surface area contributed by atoms with E-state index in [1.165, 1.54) is 0 Å². The lowest BCUT2D eigenvalue weighted by Gasteiger charge is -2.09. The van der Waals surface area contributed by atoms with Crippen molar-refractivity contribution in [2.45, 2.75) is 12.6 Å². The first-order chi connectivity index (χ1) is 8.34. The molecular formula is C12H12N4O. The maximum Gasteiger partial charge on any atom is 0.246 e. The number of hydrogen-bond donors (Lipinski definition) is 3. The molecule has 1 aromatic carbocycles. The Bertz CT molecular complexity index is 535. The molecule has 2 aromatic rings. The number of rotatable bonds is 3. The van der Waals surface area contributed by atoms with Gasteiger partial charge in [-0.3, -0.25) is 15.2 Å². The van der Waals surface area contributed by atoms with Gasteiger partial charge < -0.3 is 5.32 Å². The molecule has 1 atom stereocenters. The number of aromatic nitrogens is 2. The normalized spacial score (nSPS) is 17.9. The lowest BCUT2D eigenvalue weighted by molar-refractivity contribution is -0.117. The summed E-state index contributed by atoms with van der Waals surface area (Å²) in [6, 6.07) is 9.31. The third-order valence-corrected chi connectivity index (χ3v) is 2.85. The van der Waals surface area contributed by atoms with Crippen LogP contribution in [0, 0.1) is 0 Å². The first-order valence-corrected chi connectivity index (χ1v) is 5.46. The summed E-state index contributed by atoms with van der Waals surface area (Å²) in [5, 5.41) is 12.8. The SMILES string of the molecule is O=C1Nc2ccccc2C1NCc1ccn[nH]1. The molecule has 1 aliphatic heterocycles. The van der Waals surface area contributed by atoms with Gasteiger partial charge in [-0.2, -0.15) is 5.10 Å². The highest BCUT2D eigenvalue weighted by Crippen LogP contribution is 2.30. The van der Waals surface area contributed by atoms with E-state index in [0.717, 1.165) is 16.9 Å². The highest BCUT2D eigenvalue weighted by Gasteiger charge is 2.29. The van der Waals surface area contributed by atoms with Gasteiger partial charge >= 0.3 is 0 Å². The van der Waals surface area contributed by atoms with Crippen molar-refractivity contribution < 1.29 is 4.79 Å². The molecule has 1 aromatic heterocycles. The quantitative estimate of drug-likeness (QED) is 0.739. The van der Waals surface area contributed by atoms with Gasteiger partial charge in [-0.05, 0) is 12.1 Å². The van der Waals surface area contributed by atoms with Crippen LogP contribution in [0.5, 0.6) is 0 Å². The zero-order valence-corrected chi connectivity index (χ0v) is 9.10. The average Bonchev–Trinajstić information content (AvgIpc) is 2.93. The Morgan fingerprint density at radius 1 is 1.29 bits per heavy atom. The number of carbonyl (C=O) groups excluding carboxylic acids is 1. The van der Waals surface area contributed by atoms with Gasteiger partial charge in [-0.15, -0.1) is 0 Å². The summed E-state index contributed by atoms with van der Waals surface area (Å²) in [4.78, 5) is 11.8. The summed E-state index contributed by atoms with van der Waals surface area (Å²) in [7, 11) is 0. The highest BCUT2D eigenvalue weighted by molar-refractivity contribution is 6.02. The van der Waals surface area contributed by atoms with Crippen LogP contribution in [0.4, 0.5) is 5.69 Å². The molecule has 0 radical (unpaired) electrons. The minimum absolute atomic E-state index is 0.00860. The van der Waals surface area contributed by atoms with Crippen molar-refractivity contribution in [1.29, 1.82) is 0 Å². The number of aromatic amines is 1. The van der Waals surface area contributed by atoms with Gasteiger partial charge in [0, 0.05) is 29.7 Å².